The third-order valence-electron chi connectivity index (χ3n) is 7.68. The average molecular weight is 608 g/mol. The van der Waals surface area contributed by atoms with Gasteiger partial charge in [-0.05, 0) is 80.8 Å². The van der Waals surface area contributed by atoms with Gasteiger partial charge in [-0.15, -0.1) is 0 Å². The van der Waals surface area contributed by atoms with Gasteiger partial charge in [0.15, 0.2) is 0 Å². The quantitative estimate of drug-likeness (QED) is 0.288. The van der Waals surface area contributed by atoms with Gasteiger partial charge < -0.3 is 19.7 Å². The first kappa shape index (κ1) is 31.9. The van der Waals surface area contributed by atoms with Crippen molar-refractivity contribution in [2.24, 2.45) is 0 Å². The molecule has 43 heavy (non-hydrogen) atoms. The van der Waals surface area contributed by atoms with Crippen LogP contribution in [0.2, 0.25) is 0 Å². The van der Waals surface area contributed by atoms with Crippen molar-refractivity contribution in [3.05, 3.63) is 84.4 Å². The Labute approximate surface area is 254 Å². The molecule has 0 radical (unpaired) electrons. The summed E-state index contributed by atoms with van der Waals surface area (Å²) in [4.78, 5) is 29.0. The van der Waals surface area contributed by atoms with Crippen LogP contribution in [-0.4, -0.2) is 57.5 Å². The van der Waals surface area contributed by atoms with Crippen molar-refractivity contribution in [2.75, 3.05) is 24.6 Å². The second-order valence-corrected chi connectivity index (χ2v) is 12.5. The van der Waals surface area contributed by atoms with Crippen molar-refractivity contribution in [3.63, 3.8) is 0 Å². The summed E-state index contributed by atoms with van der Waals surface area (Å²) in [5, 5.41) is 3.12. The number of ether oxygens (including phenoxy) is 2. The second-order valence-electron chi connectivity index (χ2n) is 10.6. The molecule has 3 aromatic rings. The highest BCUT2D eigenvalue weighted by Crippen LogP contribution is 2.26. The van der Waals surface area contributed by atoms with Crippen LogP contribution in [0.15, 0.2) is 83.8 Å². The molecule has 0 aliphatic heterocycles. The first-order chi connectivity index (χ1) is 20.7. The maximum Gasteiger partial charge on any atom is 0.264 e. The fourth-order valence-electron chi connectivity index (χ4n) is 5.20. The largest absolute Gasteiger partial charge is 0.497 e. The van der Waals surface area contributed by atoms with Gasteiger partial charge >= 0.3 is 0 Å². The number of benzene rings is 3. The van der Waals surface area contributed by atoms with Gasteiger partial charge in [-0.3, -0.25) is 13.9 Å². The zero-order valence-electron chi connectivity index (χ0n) is 25.1. The monoisotopic (exact) mass is 607 g/mol. The Balaban J connectivity index is 1.64. The third kappa shape index (κ3) is 8.28. The summed E-state index contributed by atoms with van der Waals surface area (Å²) in [6.45, 7) is 3.62. The summed E-state index contributed by atoms with van der Waals surface area (Å²) in [7, 11) is -2.58. The number of para-hydroxylation sites is 1. The minimum absolute atomic E-state index is 0.0254. The van der Waals surface area contributed by atoms with E-state index in [0.29, 0.717) is 23.8 Å². The Bertz CT molecular complexity index is 1440. The Morgan fingerprint density at radius 2 is 1.53 bits per heavy atom. The van der Waals surface area contributed by atoms with Gasteiger partial charge in [0.05, 0.1) is 24.3 Å². The summed E-state index contributed by atoms with van der Waals surface area (Å²) >= 11 is 0. The van der Waals surface area contributed by atoms with Crippen LogP contribution in [0.25, 0.3) is 0 Å². The number of methoxy groups -OCH3 is 1. The van der Waals surface area contributed by atoms with Crippen LogP contribution in [0.5, 0.6) is 11.5 Å². The zero-order chi connectivity index (χ0) is 30.8. The van der Waals surface area contributed by atoms with E-state index in [9.17, 15) is 18.0 Å². The highest BCUT2D eigenvalue weighted by molar-refractivity contribution is 7.92. The number of amides is 2. The van der Waals surface area contributed by atoms with Crippen LogP contribution in [0.4, 0.5) is 5.69 Å². The molecule has 0 saturated heterocycles. The molecule has 0 heterocycles. The third-order valence-corrected chi connectivity index (χ3v) is 9.46. The predicted octanol–water partition coefficient (Wildman–Crippen LogP) is 5.16. The van der Waals surface area contributed by atoms with E-state index in [1.165, 1.54) is 17.0 Å². The van der Waals surface area contributed by atoms with Gasteiger partial charge in [0.1, 0.15) is 24.1 Å². The fraction of sp³-hybridized carbons (Fsp3) is 0.394. The normalized spacial score (nSPS) is 14.4. The number of hydrogen-bond donors (Lipinski definition) is 1. The molecule has 0 unspecified atom stereocenters. The Morgan fingerprint density at radius 3 is 2.14 bits per heavy atom. The molecule has 1 saturated carbocycles. The number of sulfonamides is 1. The van der Waals surface area contributed by atoms with E-state index in [1.54, 1.807) is 68.6 Å². The molecule has 1 aliphatic carbocycles. The molecule has 0 aromatic heterocycles. The van der Waals surface area contributed by atoms with E-state index >= 15 is 0 Å². The maximum absolute atomic E-state index is 14.1. The van der Waals surface area contributed by atoms with Gasteiger partial charge in [0.2, 0.25) is 11.8 Å². The van der Waals surface area contributed by atoms with Crippen molar-refractivity contribution < 1.29 is 27.5 Å². The minimum Gasteiger partial charge on any atom is -0.497 e. The molecular weight excluding hydrogens is 566 g/mol. The molecule has 1 aliphatic rings. The molecule has 1 N–H and O–H groups in total. The van der Waals surface area contributed by atoms with Gasteiger partial charge in [0.25, 0.3) is 10.0 Å². The van der Waals surface area contributed by atoms with E-state index in [4.69, 9.17) is 9.47 Å². The fourth-order valence-corrected chi connectivity index (χ4v) is 6.62. The summed E-state index contributed by atoms with van der Waals surface area (Å²) in [6, 6.07) is 21.1. The molecule has 2 amide bonds. The van der Waals surface area contributed by atoms with Crippen LogP contribution in [0.1, 0.15) is 51.5 Å². The van der Waals surface area contributed by atoms with Crippen molar-refractivity contribution in [3.8, 4) is 11.5 Å². The van der Waals surface area contributed by atoms with Crippen molar-refractivity contribution >= 4 is 27.5 Å². The lowest BCUT2D eigenvalue weighted by Gasteiger charge is -2.33. The van der Waals surface area contributed by atoms with E-state index < -0.39 is 28.5 Å². The molecule has 10 heteroatoms. The highest BCUT2D eigenvalue weighted by Gasteiger charge is 2.33. The summed E-state index contributed by atoms with van der Waals surface area (Å²) in [5.74, 6) is 0.462. The lowest BCUT2D eigenvalue weighted by molar-refractivity contribution is -0.139. The average Bonchev–Trinajstić information content (AvgIpc) is 3.03. The molecule has 0 bridgehead atoms. The first-order valence-electron chi connectivity index (χ1n) is 14.8. The minimum atomic E-state index is -4.15. The van der Waals surface area contributed by atoms with Crippen molar-refractivity contribution in [2.45, 2.75) is 69.5 Å². The molecule has 1 fully saturated rings. The number of nitrogens with zero attached hydrogens (tertiary/aromatic N) is 2. The smallest absolute Gasteiger partial charge is 0.264 e. The first-order valence-corrected chi connectivity index (χ1v) is 16.2. The van der Waals surface area contributed by atoms with Crippen molar-refractivity contribution in [1.29, 1.82) is 0 Å². The number of carbonyl (C=O) groups excluding carboxylic acids is 2. The van der Waals surface area contributed by atoms with Crippen LogP contribution >= 0.6 is 0 Å². The number of nitrogens with one attached hydrogen (secondary N) is 1. The van der Waals surface area contributed by atoms with Gasteiger partial charge in [-0.2, -0.15) is 0 Å². The van der Waals surface area contributed by atoms with Gasteiger partial charge in [-0.1, -0.05) is 49.6 Å². The molecule has 230 valence electrons. The number of carbonyl (C=O) groups is 2. The molecule has 9 nitrogen and oxygen atoms in total. The molecule has 0 spiro atoms. The van der Waals surface area contributed by atoms with E-state index in [2.05, 4.69) is 5.32 Å². The van der Waals surface area contributed by atoms with E-state index in [1.807, 2.05) is 19.1 Å². The van der Waals surface area contributed by atoms with Crippen LogP contribution in [0.3, 0.4) is 0 Å². The van der Waals surface area contributed by atoms with Crippen molar-refractivity contribution in [1.82, 2.24) is 10.2 Å². The topological polar surface area (TPSA) is 105 Å². The van der Waals surface area contributed by atoms with E-state index in [-0.39, 0.29) is 23.4 Å². The van der Waals surface area contributed by atoms with Crippen LogP contribution < -0.4 is 19.1 Å². The highest BCUT2D eigenvalue weighted by atomic mass is 32.2. The summed E-state index contributed by atoms with van der Waals surface area (Å²) in [6.07, 6.45) is 5.09. The summed E-state index contributed by atoms with van der Waals surface area (Å²) in [5.41, 5.74) is 1.13. The standard InChI is InChI=1S/C33H41N3O6S/c1-4-42-30-19-21-31(22-20-30)43(39,40)36(28-13-9-6-10-14-28)24-32(37)35(23-26-15-17-29(41-3)18-16-26)25(2)33(38)34-27-11-7-5-8-12-27/h6,9-10,13-22,25,27H,4-5,7-8,11-12,23-24H2,1-3H3,(H,34,38)/t25-/m0/s1. The Morgan fingerprint density at radius 1 is 0.907 bits per heavy atom. The number of rotatable bonds is 13. The molecule has 4 rings (SSSR count). The van der Waals surface area contributed by atoms with Crippen LogP contribution in [0, 0.1) is 0 Å². The lowest BCUT2D eigenvalue weighted by atomic mass is 9.95. The van der Waals surface area contributed by atoms with E-state index in [0.717, 1.165) is 42.0 Å². The second kappa shape index (κ2) is 14.9. The Kier molecular flexibility index (Phi) is 11.1. The van der Waals surface area contributed by atoms with Crippen LogP contribution in [-0.2, 0) is 26.2 Å². The number of hydrogen-bond acceptors (Lipinski definition) is 6. The molecule has 1 atom stereocenters. The Hall–Kier alpha value is -4.05. The van der Waals surface area contributed by atoms with Gasteiger partial charge in [0, 0.05) is 12.6 Å². The predicted molar refractivity (Wildman–Crippen MR) is 167 cm³/mol. The molecule has 3 aromatic carbocycles. The molecular formula is C33H41N3O6S. The SMILES string of the molecule is CCOc1ccc(S(=O)(=O)N(CC(=O)N(Cc2ccc(OC)cc2)[C@@H](C)C(=O)NC2CCCCC2)c2ccccc2)cc1. The van der Waals surface area contributed by atoms with Gasteiger partial charge in [-0.25, -0.2) is 8.42 Å². The number of anilines is 1. The zero-order valence-corrected chi connectivity index (χ0v) is 25.9. The maximum atomic E-state index is 14.1. The summed E-state index contributed by atoms with van der Waals surface area (Å²) < 4.78 is 39.8. The lowest BCUT2D eigenvalue weighted by Crippen LogP contribution is -2.53.